The fraction of sp³-hybridized carbons (Fsp3) is 0.364. The van der Waals surface area contributed by atoms with E-state index < -0.39 is 9.84 Å². The van der Waals surface area contributed by atoms with Crippen molar-refractivity contribution in [3.63, 3.8) is 0 Å². The topological polar surface area (TPSA) is 83.6 Å². The number of anilines is 1. The summed E-state index contributed by atoms with van der Waals surface area (Å²) in [6.07, 6.45) is 0.587. The van der Waals surface area contributed by atoms with Gasteiger partial charge in [0.2, 0.25) is 11.8 Å². The molecular weight excluding hydrogens is 420 g/mol. The summed E-state index contributed by atoms with van der Waals surface area (Å²) in [7, 11) is -3.22. The van der Waals surface area contributed by atoms with E-state index in [4.69, 9.17) is 0 Å². The van der Waals surface area contributed by atoms with Crippen molar-refractivity contribution in [2.45, 2.75) is 29.9 Å². The van der Waals surface area contributed by atoms with Gasteiger partial charge in [-0.05, 0) is 24.1 Å². The lowest BCUT2D eigenvalue weighted by molar-refractivity contribution is -0.125. The van der Waals surface area contributed by atoms with E-state index in [0.717, 1.165) is 21.9 Å². The van der Waals surface area contributed by atoms with Gasteiger partial charge in [0.05, 0.1) is 17.2 Å². The van der Waals surface area contributed by atoms with E-state index >= 15 is 0 Å². The van der Waals surface area contributed by atoms with Gasteiger partial charge in [-0.3, -0.25) is 9.59 Å². The molecule has 6 nitrogen and oxygen atoms in total. The summed E-state index contributed by atoms with van der Waals surface area (Å²) in [5.74, 6) is 0.563. The summed E-state index contributed by atoms with van der Waals surface area (Å²) in [5.41, 5.74) is 1.67. The first-order chi connectivity index (χ1) is 14.4. The largest absolute Gasteiger partial charge is 0.356 e. The zero-order valence-electron chi connectivity index (χ0n) is 16.7. The Morgan fingerprint density at radius 3 is 2.53 bits per heavy atom. The summed E-state index contributed by atoms with van der Waals surface area (Å²) in [6, 6.07) is 16.8. The molecule has 0 radical (unpaired) electrons. The van der Waals surface area contributed by atoms with Crippen molar-refractivity contribution in [1.82, 2.24) is 5.32 Å². The highest BCUT2D eigenvalue weighted by atomic mass is 32.2. The number of carbonyl (C=O) groups excluding carboxylic acids is 2. The molecule has 0 unspecified atom stereocenters. The lowest BCUT2D eigenvalue weighted by Crippen LogP contribution is -2.36. The van der Waals surface area contributed by atoms with E-state index in [1.165, 1.54) is 0 Å². The molecule has 0 spiro atoms. The van der Waals surface area contributed by atoms with E-state index in [2.05, 4.69) is 5.32 Å². The van der Waals surface area contributed by atoms with Gasteiger partial charge < -0.3 is 10.2 Å². The molecule has 0 aliphatic carbocycles. The SMILES string of the molecule is O=C(CCC(=O)N1CCSc2ccccc21)NCCCS(=O)(=O)Cc1ccccc1. The number of hydrogen-bond acceptors (Lipinski definition) is 5. The van der Waals surface area contributed by atoms with Gasteiger partial charge in [-0.15, -0.1) is 11.8 Å². The molecule has 0 bridgehead atoms. The van der Waals surface area contributed by atoms with Crippen LogP contribution in [0, 0.1) is 0 Å². The van der Waals surface area contributed by atoms with Gasteiger partial charge >= 0.3 is 0 Å². The molecule has 8 heteroatoms. The van der Waals surface area contributed by atoms with Crippen molar-refractivity contribution < 1.29 is 18.0 Å². The quantitative estimate of drug-likeness (QED) is 0.599. The fourth-order valence-electron chi connectivity index (χ4n) is 3.29. The lowest BCUT2D eigenvalue weighted by Gasteiger charge is -2.29. The van der Waals surface area contributed by atoms with Gasteiger partial charge in [-0.2, -0.15) is 0 Å². The monoisotopic (exact) mass is 446 g/mol. The molecule has 0 saturated carbocycles. The van der Waals surface area contributed by atoms with Crippen molar-refractivity contribution in [3.8, 4) is 0 Å². The molecule has 1 aliphatic rings. The molecule has 0 saturated heterocycles. The van der Waals surface area contributed by atoms with Gasteiger partial charge in [0.15, 0.2) is 9.84 Å². The third-order valence-electron chi connectivity index (χ3n) is 4.78. The third-order valence-corrected chi connectivity index (χ3v) is 7.51. The summed E-state index contributed by atoms with van der Waals surface area (Å²) < 4.78 is 24.3. The zero-order valence-corrected chi connectivity index (χ0v) is 18.4. The summed E-state index contributed by atoms with van der Waals surface area (Å²) in [4.78, 5) is 27.4. The van der Waals surface area contributed by atoms with E-state index in [1.807, 2.05) is 42.5 Å². The first-order valence-corrected chi connectivity index (χ1v) is 12.8. The predicted octanol–water partition coefficient (Wildman–Crippen LogP) is 3.03. The number of nitrogens with zero attached hydrogens (tertiary/aromatic N) is 1. The minimum Gasteiger partial charge on any atom is -0.356 e. The Bertz CT molecular complexity index is 978. The molecule has 2 aromatic rings. The van der Waals surface area contributed by atoms with E-state index in [1.54, 1.807) is 28.8 Å². The molecule has 1 heterocycles. The highest BCUT2D eigenvalue weighted by Crippen LogP contribution is 2.34. The van der Waals surface area contributed by atoms with E-state index in [9.17, 15) is 18.0 Å². The van der Waals surface area contributed by atoms with Crippen LogP contribution in [-0.2, 0) is 25.2 Å². The Hall–Kier alpha value is -2.32. The number of hydrogen-bond donors (Lipinski definition) is 1. The van der Waals surface area contributed by atoms with Crippen LogP contribution in [0.25, 0.3) is 0 Å². The van der Waals surface area contributed by atoms with Gasteiger partial charge in [0, 0.05) is 36.6 Å². The fourth-order valence-corrected chi connectivity index (χ4v) is 5.72. The molecule has 0 fully saturated rings. The molecule has 1 N–H and O–H groups in total. The van der Waals surface area contributed by atoms with Crippen molar-refractivity contribution in [2.75, 3.05) is 29.5 Å². The Labute approximate surface area is 182 Å². The normalized spacial score (nSPS) is 13.5. The maximum absolute atomic E-state index is 12.6. The van der Waals surface area contributed by atoms with Crippen LogP contribution in [0.4, 0.5) is 5.69 Å². The second kappa shape index (κ2) is 10.6. The Balaban J connectivity index is 1.37. The second-order valence-electron chi connectivity index (χ2n) is 7.14. The summed E-state index contributed by atoms with van der Waals surface area (Å²) >= 11 is 1.73. The number of carbonyl (C=O) groups is 2. The number of para-hydroxylation sites is 1. The smallest absolute Gasteiger partial charge is 0.227 e. The van der Waals surface area contributed by atoms with Crippen LogP contribution in [0.15, 0.2) is 59.5 Å². The molecule has 2 aromatic carbocycles. The van der Waals surface area contributed by atoms with Gasteiger partial charge in [-0.1, -0.05) is 42.5 Å². The summed E-state index contributed by atoms with van der Waals surface area (Å²) in [5, 5.41) is 2.72. The molecule has 30 heavy (non-hydrogen) atoms. The molecule has 1 aliphatic heterocycles. The van der Waals surface area contributed by atoms with Crippen molar-refractivity contribution >= 4 is 39.1 Å². The maximum Gasteiger partial charge on any atom is 0.227 e. The van der Waals surface area contributed by atoms with E-state index in [0.29, 0.717) is 13.0 Å². The third kappa shape index (κ3) is 6.60. The summed E-state index contributed by atoms with van der Waals surface area (Å²) in [6.45, 7) is 0.922. The average Bonchev–Trinajstić information content (AvgIpc) is 2.75. The van der Waals surface area contributed by atoms with Crippen molar-refractivity contribution in [1.29, 1.82) is 0 Å². The highest BCUT2D eigenvalue weighted by Gasteiger charge is 2.22. The number of fused-ring (bicyclic) bond motifs is 1. The van der Waals surface area contributed by atoms with Gasteiger partial charge in [0.25, 0.3) is 0 Å². The van der Waals surface area contributed by atoms with Crippen LogP contribution in [0.5, 0.6) is 0 Å². The zero-order chi connectivity index (χ0) is 21.4. The Morgan fingerprint density at radius 2 is 1.73 bits per heavy atom. The number of sulfone groups is 1. The number of rotatable bonds is 9. The number of amides is 2. The van der Waals surface area contributed by atoms with Crippen LogP contribution < -0.4 is 10.2 Å². The van der Waals surface area contributed by atoms with Crippen molar-refractivity contribution in [2.24, 2.45) is 0 Å². The number of nitrogens with one attached hydrogen (secondary N) is 1. The standard InChI is InChI=1S/C22H26N2O4S2/c25-21(23-13-6-16-30(27,28)17-18-7-2-1-3-8-18)11-12-22(26)24-14-15-29-20-10-5-4-9-19(20)24/h1-5,7-10H,6,11-17H2,(H,23,25). The minimum atomic E-state index is -3.22. The van der Waals surface area contributed by atoms with Crippen LogP contribution >= 0.6 is 11.8 Å². The molecule has 0 atom stereocenters. The minimum absolute atomic E-state index is 0.00584. The van der Waals surface area contributed by atoms with E-state index in [-0.39, 0.29) is 42.7 Å². The van der Waals surface area contributed by atoms with Crippen LogP contribution in [0.1, 0.15) is 24.8 Å². The average molecular weight is 447 g/mol. The first-order valence-electron chi connectivity index (χ1n) is 9.98. The van der Waals surface area contributed by atoms with Gasteiger partial charge in [-0.25, -0.2) is 8.42 Å². The molecule has 3 rings (SSSR count). The molecule has 0 aromatic heterocycles. The predicted molar refractivity (Wildman–Crippen MR) is 120 cm³/mol. The number of thioether (sulfide) groups is 1. The maximum atomic E-state index is 12.6. The lowest BCUT2D eigenvalue weighted by atomic mass is 10.2. The molecular formula is C22H26N2O4S2. The second-order valence-corrected chi connectivity index (χ2v) is 10.5. The van der Waals surface area contributed by atoms with Crippen LogP contribution in [0.3, 0.4) is 0 Å². The number of benzene rings is 2. The Morgan fingerprint density at radius 1 is 1.00 bits per heavy atom. The first kappa shape index (κ1) is 22.4. The molecule has 160 valence electrons. The van der Waals surface area contributed by atoms with Crippen LogP contribution in [-0.4, -0.2) is 44.8 Å². The highest BCUT2D eigenvalue weighted by molar-refractivity contribution is 7.99. The Kier molecular flexibility index (Phi) is 7.93. The van der Waals surface area contributed by atoms with Gasteiger partial charge in [0.1, 0.15) is 0 Å². The van der Waals surface area contributed by atoms with Crippen molar-refractivity contribution in [3.05, 3.63) is 60.2 Å². The molecule has 2 amide bonds. The van der Waals surface area contributed by atoms with Crippen LogP contribution in [0.2, 0.25) is 0 Å².